The lowest BCUT2D eigenvalue weighted by molar-refractivity contribution is -0.658. The monoisotopic (exact) mass is 196 g/mol. The highest BCUT2D eigenvalue weighted by molar-refractivity contribution is 5.81. The number of halogens is 1. The van der Waals surface area contributed by atoms with Crippen LogP contribution in [0.2, 0.25) is 0 Å². The molecule has 0 saturated heterocycles. The maximum absolute atomic E-state index is 4.39. The molecular weight excluding hydrogens is 184 g/mol. The average Bonchev–Trinajstić information content (AvgIpc) is 2.30. The number of nitrogens with zero attached hydrogens (tertiary/aromatic N) is 2. The second-order valence-corrected chi connectivity index (χ2v) is 3.84. The van der Waals surface area contributed by atoms with E-state index in [1.807, 2.05) is 19.5 Å². The normalized spacial score (nSPS) is 16.5. The van der Waals surface area contributed by atoms with E-state index in [9.17, 15) is 0 Å². The van der Waals surface area contributed by atoms with Crippen molar-refractivity contribution in [3.63, 3.8) is 0 Å². The fraction of sp³-hybridized carbons (Fsp3) is 0.400. The number of aromatic nitrogens is 1. The van der Waals surface area contributed by atoms with Crippen molar-refractivity contribution in [3.05, 3.63) is 23.9 Å². The molecule has 3 heteroatoms. The van der Waals surface area contributed by atoms with Crippen LogP contribution >= 0.6 is 0 Å². The van der Waals surface area contributed by atoms with Crippen molar-refractivity contribution < 1.29 is 17.0 Å². The van der Waals surface area contributed by atoms with Crippen LogP contribution in [-0.2, 0) is 12.5 Å². The summed E-state index contributed by atoms with van der Waals surface area (Å²) < 4.78 is 2.06. The van der Waals surface area contributed by atoms with Crippen LogP contribution in [0.4, 0.5) is 5.82 Å². The summed E-state index contributed by atoms with van der Waals surface area (Å²) in [6.07, 6.45) is 4.04. The van der Waals surface area contributed by atoms with Gasteiger partial charge in [0, 0.05) is 0 Å². The summed E-state index contributed by atoms with van der Waals surface area (Å²) in [5.74, 6) is 1.09. The minimum Gasteiger partial charge on any atom is -1.00 e. The Morgan fingerprint density at radius 1 is 1.38 bits per heavy atom. The summed E-state index contributed by atoms with van der Waals surface area (Å²) in [4.78, 5) is 4.39. The van der Waals surface area contributed by atoms with Gasteiger partial charge in [-0.05, 0) is 26.0 Å². The minimum atomic E-state index is 0. The van der Waals surface area contributed by atoms with Gasteiger partial charge in [-0.25, -0.2) is 4.57 Å². The molecule has 1 aromatic heterocycles. The molecule has 2 heterocycles. The SMILES string of the molecule is C[n+]1cccc2c1N=CC2(C)C.[Cl-]. The van der Waals surface area contributed by atoms with Gasteiger partial charge in [0.05, 0.1) is 24.2 Å². The number of pyridine rings is 1. The van der Waals surface area contributed by atoms with Crippen LogP contribution in [0.1, 0.15) is 19.4 Å². The summed E-state index contributed by atoms with van der Waals surface area (Å²) in [6.45, 7) is 4.37. The van der Waals surface area contributed by atoms with Crippen LogP contribution in [0, 0.1) is 0 Å². The van der Waals surface area contributed by atoms with Crippen LogP contribution in [0.25, 0.3) is 0 Å². The Labute approximate surface area is 84.7 Å². The molecule has 70 valence electrons. The predicted molar refractivity (Wildman–Crippen MR) is 48.8 cm³/mol. The number of hydrogen-bond donors (Lipinski definition) is 0. The third kappa shape index (κ3) is 1.46. The molecule has 0 unspecified atom stereocenters. The first-order valence-electron chi connectivity index (χ1n) is 4.15. The highest BCUT2D eigenvalue weighted by Gasteiger charge is 2.34. The lowest BCUT2D eigenvalue weighted by Crippen LogP contribution is -3.00. The van der Waals surface area contributed by atoms with Crippen molar-refractivity contribution in [1.82, 2.24) is 0 Å². The van der Waals surface area contributed by atoms with Gasteiger partial charge in [-0.1, -0.05) is 4.99 Å². The number of fused-ring (bicyclic) bond motifs is 1. The van der Waals surface area contributed by atoms with Gasteiger partial charge in [-0.15, -0.1) is 0 Å². The Balaban J connectivity index is 0.000000845. The van der Waals surface area contributed by atoms with Crippen LogP contribution < -0.4 is 17.0 Å². The Morgan fingerprint density at radius 3 is 2.69 bits per heavy atom. The van der Waals surface area contributed by atoms with E-state index in [1.54, 1.807) is 0 Å². The Morgan fingerprint density at radius 2 is 2.08 bits per heavy atom. The molecule has 2 nitrogen and oxygen atoms in total. The van der Waals surface area contributed by atoms with Crippen LogP contribution in [0.15, 0.2) is 23.3 Å². The van der Waals surface area contributed by atoms with Gasteiger partial charge >= 0.3 is 5.82 Å². The van der Waals surface area contributed by atoms with E-state index in [4.69, 9.17) is 0 Å². The fourth-order valence-electron chi connectivity index (χ4n) is 1.56. The molecule has 1 aliphatic heterocycles. The maximum Gasteiger partial charge on any atom is 0.326 e. The molecule has 0 amide bonds. The van der Waals surface area contributed by atoms with Crippen molar-refractivity contribution in [2.75, 3.05) is 0 Å². The van der Waals surface area contributed by atoms with Crippen molar-refractivity contribution in [2.45, 2.75) is 19.3 Å². The number of aliphatic imine (C=N–C) groups is 1. The molecule has 0 atom stereocenters. The van der Waals surface area contributed by atoms with E-state index in [2.05, 4.69) is 35.5 Å². The minimum absolute atomic E-state index is 0. The zero-order valence-electron chi connectivity index (χ0n) is 8.08. The molecule has 0 spiro atoms. The van der Waals surface area contributed by atoms with Gasteiger partial charge in [0.15, 0.2) is 0 Å². The summed E-state index contributed by atoms with van der Waals surface area (Å²) >= 11 is 0. The van der Waals surface area contributed by atoms with Gasteiger partial charge in [-0.3, -0.25) is 0 Å². The van der Waals surface area contributed by atoms with Gasteiger partial charge in [0.1, 0.15) is 6.21 Å². The summed E-state index contributed by atoms with van der Waals surface area (Å²) in [5, 5.41) is 0. The van der Waals surface area contributed by atoms with Crippen LogP contribution in [-0.4, -0.2) is 6.21 Å². The molecule has 0 saturated carbocycles. The average molecular weight is 197 g/mol. The summed E-state index contributed by atoms with van der Waals surface area (Å²) in [5.41, 5.74) is 1.42. The quantitative estimate of drug-likeness (QED) is 0.450. The highest BCUT2D eigenvalue weighted by atomic mass is 35.5. The van der Waals surface area contributed by atoms with Gasteiger partial charge in [0.2, 0.25) is 0 Å². The third-order valence-electron chi connectivity index (χ3n) is 2.35. The molecule has 1 aromatic rings. The molecule has 13 heavy (non-hydrogen) atoms. The van der Waals surface area contributed by atoms with E-state index in [0.29, 0.717) is 0 Å². The lowest BCUT2D eigenvalue weighted by Gasteiger charge is -2.11. The van der Waals surface area contributed by atoms with Gasteiger partial charge in [0.25, 0.3) is 0 Å². The Kier molecular flexibility index (Phi) is 2.44. The number of hydrogen-bond acceptors (Lipinski definition) is 1. The summed E-state index contributed by atoms with van der Waals surface area (Å²) in [7, 11) is 2.03. The maximum atomic E-state index is 4.39. The first kappa shape index (κ1) is 10.2. The number of rotatable bonds is 0. The number of aryl methyl sites for hydroxylation is 1. The lowest BCUT2D eigenvalue weighted by atomic mass is 9.88. The second-order valence-electron chi connectivity index (χ2n) is 3.84. The Hall–Kier alpha value is -0.890. The second kappa shape index (κ2) is 3.11. The topological polar surface area (TPSA) is 16.2 Å². The first-order chi connectivity index (χ1) is 5.61. The van der Waals surface area contributed by atoms with E-state index < -0.39 is 0 Å². The molecule has 2 rings (SSSR count). The van der Waals surface area contributed by atoms with Crippen molar-refractivity contribution in [2.24, 2.45) is 12.0 Å². The molecule has 0 N–H and O–H groups in total. The molecule has 0 aromatic carbocycles. The smallest absolute Gasteiger partial charge is 0.326 e. The van der Waals surface area contributed by atoms with E-state index in [0.717, 1.165) is 5.82 Å². The third-order valence-corrected chi connectivity index (χ3v) is 2.35. The standard InChI is InChI=1S/C10H13N2.ClH/c1-10(2)7-11-9-8(10)5-4-6-12(9)3;/h4-7H,1-3H3;1H/q+1;/p-1. The molecule has 0 fully saturated rings. The summed E-state index contributed by atoms with van der Waals surface area (Å²) in [6, 6.07) is 4.21. The van der Waals surface area contributed by atoms with E-state index >= 15 is 0 Å². The van der Waals surface area contributed by atoms with Crippen molar-refractivity contribution in [3.8, 4) is 0 Å². The fourth-order valence-corrected chi connectivity index (χ4v) is 1.56. The largest absolute Gasteiger partial charge is 1.00 e. The molecule has 0 aliphatic carbocycles. The molecular formula is C10H13ClN2. The molecule has 0 bridgehead atoms. The zero-order valence-corrected chi connectivity index (χ0v) is 8.84. The molecule has 1 aliphatic rings. The highest BCUT2D eigenvalue weighted by Crippen LogP contribution is 2.32. The predicted octanol–water partition coefficient (Wildman–Crippen LogP) is -1.49. The van der Waals surface area contributed by atoms with Gasteiger partial charge < -0.3 is 12.4 Å². The van der Waals surface area contributed by atoms with Crippen LogP contribution in [0.3, 0.4) is 0 Å². The van der Waals surface area contributed by atoms with E-state index in [1.165, 1.54) is 5.56 Å². The van der Waals surface area contributed by atoms with Crippen LogP contribution in [0.5, 0.6) is 0 Å². The molecule has 0 radical (unpaired) electrons. The van der Waals surface area contributed by atoms with Gasteiger partial charge in [-0.2, -0.15) is 0 Å². The first-order valence-corrected chi connectivity index (χ1v) is 4.15. The van der Waals surface area contributed by atoms with E-state index in [-0.39, 0.29) is 17.8 Å². The zero-order chi connectivity index (χ0) is 8.77. The van der Waals surface area contributed by atoms with Crippen molar-refractivity contribution >= 4 is 12.0 Å². The van der Waals surface area contributed by atoms with Crippen molar-refractivity contribution in [1.29, 1.82) is 0 Å². The Bertz CT molecular complexity index is 356.